The zero-order valence-electron chi connectivity index (χ0n) is 23.2. The molecule has 1 saturated heterocycles. The number of methoxy groups -OCH3 is 2. The number of likely N-dealkylation sites (tertiary alicyclic amines) is 1. The molecule has 0 radical (unpaired) electrons. The molecule has 3 atom stereocenters. The Balaban J connectivity index is 0.000000517. The molecule has 5 rings (SSSR count). The number of carboxylic acids is 1. The molecule has 15 heteroatoms. The van der Waals surface area contributed by atoms with Crippen molar-refractivity contribution in [3.63, 3.8) is 0 Å². The van der Waals surface area contributed by atoms with Gasteiger partial charge in [-0.15, -0.1) is 5.10 Å². The second kappa shape index (κ2) is 12.6. The number of aliphatic carboxylic acids is 1. The minimum atomic E-state index is -5.08. The van der Waals surface area contributed by atoms with Crippen LogP contribution in [0.15, 0.2) is 42.5 Å². The lowest BCUT2D eigenvalue weighted by atomic mass is 9.65. The first-order chi connectivity index (χ1) is 20.0. The third kappa shape index (κ3) is 6.73. The number of hydrogen-bond acceptors (Lipinski definition) is 8. The molecule has 0 bridgehead atoms. The van der Waals surface area contributed by atoms with E-state index < -0.39 is 12.1 Å². The number of urea groups is 1. The van der Waals surface area contributed by atoms with Crippen LogP contribution in [-0.2, 0) is 10.2 Å². The number of benzene rings is 2. The number of carbonyl (C=O) groups is 2. The summed E-state index contributed by atoms with van der Waals surface area (Å²) in [6.07, 6.45) is -1.19. The number of anilines is 1. The number of fused-ring (bicyclic) bond motifs is 1. The first-order valence-corrected chi connectivity index (χ1v) is 13.1. The van der Waals surface area contributed by atoms with Gasteiger partial charge in [0.2, 0.25) is 0 Å². The fourth-order valence-electron chi connectivity index (χ4n) is 5.77. The number of alkyl halides is 3. The smallest absolute Gasteiger partial charge is 0.490 e. The summed E-state index contributed by atoms with van der Waals surface area (Å²) >= 11 is 0. The lowest BCUT2D eigenvalue weighted by Crippen LogP contribution is -2.52. The van der Waals surface area contributed by atoms with E-state index in [1.165, 1.54) is 5.56 Å². The highest BCUT2D eigenvalue weighted by Gasteiger charge is 2.50. The number of halogens is 3. The van der Waals surface area contributed by atoms with Gasteiger partial charge in [-0.3, -0.25) is 0 Å². The number of hydrogen-bond donors (Lipinski definition) is 4. The number of nitrogens with one attached hydrogen (secondary N) is 3. The molecule has 1 saturated carbocycles. The normalized spacial score (nSPS) is 21.9. The molecule has 2 heterocycles. The predicted octanol–water partition coefficient (Wildman–Crippen LogP) is 3.83. The van der Waals surface area contributed by atoms with Crippen LogP contribution in [0.25, 0.3) is 11.4 Å². The van der Waals surface area contributed by atoms with Gasteiger partial charge in [0.15, 0.2) is 17.3 Å². The minimum Gasteiger partial charge on any atom is -0.493 e. The average Bonchev–Trinajstić information content (AvgIpc) is 3.62. The zero-order chi connectivity index (χ0) is 30.5. The number of aromatic amines is 1. The molecular weight excluding hydrogens is 559 g/mol. The van der Waals surface area contributed by atoms with E-state index in [4.69, 9.17) is 19.4 Å². The molecular formula is C27H32F3N7O5. The van der Waals surface area contributed by atoms with Gasteiger partial charge in [-0.2, -0.15) is 13.2 Å². The number of likely N-dealkylation sites (N-methyl/N-ethyl adjacent to an activating group) is 1. The molecule has 3 aromatic rings. The Morgan fingerprint density at radius 2 is 1.86 bits per heavy atom. The van der Waals surface area contributed by atoms with Crippen LogP contribution in [-0.4, -0.2) is 88.7 Å². The van der Waals surface area contributed by atoms with Crippen molar-refractivity contribution in [3.05, 3.63) is 48.0 Å². The molecule has 1 aliphatic carbocycles. The summed E-state index contributed by atoms with van der Waals surface area (Å²) in [5.74, 6) is -0.702. The van der Waals surface area contributed by atoms with E-state index in [1.807, 2.05) is 30.3 Å². The van der Waals surface area contributed by atoms with Crippen molar-refractivity contribution < 1.29 is 37.3 Å². The number of ether oxygens (including phenoxy) is 2. The van der Waals surface area contributed by atoms with Gasteiger partial charge in [0, 0.05) is 28.7 Å². The van der Waals surface area contributed by atoms with E-state index in [9.17, 15) is 18.0 Å². The number of aromatic nitrogens is 4. The zero-order valence-corrected chi connectivity index (χ0v) is 23.2. The van der Waals surface area contributed by atoms with Crippen LogP contribution < -0.4 is 20.1 Å². The Labute approximate surface area is 239 Å². The molecule has 1 aliphatic heterocycles. The van der Waals surface area contributed by atoms with Crippen molar-refractivity contribution >= 4 is 17.7 Å². The van der Waals surface area contributed by atoms with Crippen LogP contribution in [0.4, 0.5) is 23.7 Å². The van der Waals surface area contributed by atoms with Crippen molar-refractivity contribution in [2.75, 3.05) is 33.1 Å². The molecule has 12 nitrogen and oxygen atoms in total. The third-order valence-corrected chi connectivity index (χ3v) is 7.80. The number of tetrazole rings is 1. The molecule has 2 fully saturated rings. The van der Waals surface area contributed by atoms with Gasteiger partial charge in [-0.05, 0) is 79.5 Å². The van der Waals surface area contributed by atoms with Crippen molar-refractivity contribution in [2.45, 2.75) is 49.4 Å². The molecule has 226 valence electrons. The van der Waals surface area contributed by atoms with Gasteiger partial charge in [-0.25, -0.2) is 14.7 Å². The number of rotatable bonds is 6. The predicted molar refractivity (Wildman–Crippen MR) is 145 cm³/mol. The van der Waals surface area contributed by atoms with E-state index >= 15 is 0 Å². The molecule has 2 aliphatic rings. The van der Waals surface area contributed by atoms with Crippen LogP contribution in [0.3, 0.4) is 0 Å². The molecule has 2 aromatic carbocycles. The molecule has 2 amide bonds. The summed E-state index contributed by atoms with van der Waals surface area (Å²) in [7, 11) is 5.51. The Bertz CT molecular complexity index is 1390. The standard InChI is InChI=1S/C25H31N7O3.C2HF3O2/c1-32-12-11-25(17-7-8-20(34-2)21(14-17)35-3)10-9-19(15-22(25)32)27-24(33)26-18-6-4-5-16(13-18)23-28-30-31-29-23;3-2(4,5)1(6)7/h4-8,13-14,19,22H,9-12,15H2,1-3H3,(H2,26,27,33)(H,28,29,30,31);(H,6,7)/t19-,22+,25+;/m1./s1. The number of carboxylic acid groups (broad SMARTS) is 1. The molecule has 1 aromatic heterocycles. The van der Waals surface area contributed by atoms with E-state index in [1.54, 1.807) is 14.2 Å². The topological polar surface area (TPSA) is 155 Å². The number of H-pyrrole nitrogens is 1. The number of carbonyl (C=O) groups excluding carboxylic acids is 1. The highest BCUT2D eigenvalue weighted by molar-refractivity contribution is 5.90. The van der Waals surface area contributed by atoms with Crippen LogP contribution in [0.2, 0.25) is 0 Å². The second-order valence-electron chi connectivity index (χ2n) is 10.2. The van der Waals surface area contributed by atoms with Gasteiger partial charge in [0.1, 0.15) is 0 Å². The van der Waals surface area contributed by atoms with Gasteiger partial charge in [0.25, 0.3) is 0 Å². The minimum absolute atomic E-state index is 0.0440. The Hall–Kier alpha value is -4.40. The van der Waals surface area contributed by atoms with Crippen molar-refractivity contribution in [3.8, 4) is 22.9 Å². The van der Waals surface area contributed by atoms with Crippen molar-refractivity contribution in [1.29, 1.82) is 0 Å². The molecule has 0 spiro atoms. The largest absolute Gasteiger partial charge is 0.493 e. The highest BCUT2D eigenvalue weighted by atomic mass is 19.4. The van der Waals surface area contributed by atoms with Crippen molar-refractivity contribution in [1.82, 2.24) is 30.8 Å². The Morgan fingerprint density at radius 3 is 2.50 bits per heavy atom. The lowest BCUT2D eigenvalue weighted by molar-refractivity contribution is -0.192. The van der Waals surface area contributed by atoms with Gasteiger partial charge in [-0.1, -0.05) is 18.2 Å². The maximum Gasteiger partial charge on any atom is 0.490 e. The molecule has 4 N–H and O–H groups in total. The Morgan fingerprint density at radius 1 is 1.12 bits per heavy atom. The first-order valence-electron chi connectivity index (χ1n) is 13.1. The van der Waals surface area contributed by atoms with Crippen molar-refractivity contribution in [2.24, 2.45) is 0 Å². The second-order valence-corrected chi connectivity index (χ2v) is 10.2. The van der Waals surface area contributed by atoms with E-state index in [-0.39, 0.29) is 17.5 Å². The quantitative estimate of drug-likeness (QED) is 0.335. The maximum atomic E-state index is 12.8. The average molecular weight is 592 g/mol. The van der Waals surface area contributed by atoms with Crippen LogP contribution in [0.5, 0.6) is 11.5 Å². The molecule has 42 heavy (non-hydrogen) atoms. The van der Waals surface area contributed by atoms with Gasteiger partial charge < -0.3 is 30.1 Å². The lowest BCUT2D eigenvalue weighted by Gasteiger charge is -2.45. The first kappa shape index (κ1) is 30.6. The van der Waals surface area contributed by atoms with E-state index in [0.29, 0.717) is 17.6 Å². The summed E-state index contributed by atoms with van der Waals surface area (Å²) in [5, 5.41) is 27.1. The van der Waals surface area contributed by atoms with Crippen LogP contribution >= 0.6 is 0 Å². The third-order valence-electron chi connectivity index (χ3n) is 7.80. The summed E-state index contributed by atoms with van der Waals surface area (Å²) < 4.78 is 42.8. The SMILES string of the molecule is COc1ccc([C@@]23CC[C@@H](NC(=O)Nc4cccc(-c5nnn[nH]5)c4)C[C@@H]2N(C)CC3)cc1OC.O=C(O)C(F)(F)F. The van der Waals surface area contributed by atoms with Gasteiger partial charge in [0.05, 0.1) is 14.2 Å². The molecule has 0 unspecified atom stereocenters. The highest BCUT2D eigenvalue weighted by Crippen LogP contribution is 2.49. The number of nitrogens with zero attached hydrogens (tertiary/aromatic N) is 4. The van der Waals surface area contributed by atoms with E-state index in [0.717, 1.165) is 49.3 Å². The summed E-state index contributed by atoms with van der Waals surface area (Å²) in [6, 6.07) is 14.0. The van der Waals surface area contributed by atoms with Crippen LogP contribution in [0.1, 0.15) is 31.2 Å². The summed E-state index contributed by atoms with van der Waals surface area (Å²) in [5.41, 5.74) is 2.82. The Kier molecular flexibility index (Phi) is 9.19. The van der Waals surface area contributed by atoms with Gasteiger partial charge >= 0.3 is 18.2 Å². The summed E-state index contributed by atoms with van der Waals surface area (Å²) in [4.78, 5) is 24.2. The van der Waals surface area contributed by atoms with E-state index in [2.05, 4.69) is 55.3 Å². The van der Waals surface area contributed by atoms with Crippen LogP contribution in [0, 0.1) is 0 Å². The summed E-state index contributed by atoms with van der Waals surface area (Å²) in [6.45, 7) is 1.03. The fraction of sp³-hybridized carbons (Fsp3) is 0.444. The monoisotopic (exact) mass is 591 g/mol. The maximum absolute atomic E-state index is 12.8. The fourth-order valence-corrected chi connectivity index (χ4v) is 5.77. The number of amides is 2.